The molecular formula is C10H11BrN2. The fourth-order valence-corrected chi connectivity index (χ4v) is 1.52. The average molecular weight is 239 g/mol. The summed E-state index contributed by atoms with van der Waals surface area (Å²) < 4.78 is 1.11. The number of nitriles is 1. The van der Waals surface area contributed by atoms with Gasteiger partial charge in [0.1, 0.15) is 0 Å². The third-order valence-electron chi connectivity index (χ3n) is 1.85. The van der Waals surface area contributed by atoms with E-state index >= 15 is 0 Å². The quantitative estimate of drug-likeness (QED) is 0.598. The van der Waals surface area contributed by atoms with Gasteiger partial charge in [0, 0.05) is 18.1 Å². The molecule has 0 amide bonds. The van der Waals surface area contributed by atoms with Crippen molar-refractivity contribution in [3.8, 4) is 6.19 Å². The molecule has 1 aromatic rings. The van der Waals surface area contributed by atoms with Gasteiger partial charge in [-0.3, -0.25) is 0 Å². The van der Waals surface area contributed by atoms with E-state index in [0.717, 1.165) is 17.4 Å². The van der Waals surface area contributed by atoms with Crippen LogP contribution >= 0.6 is 15.9 Å². The van der Waals surface area contributed by atoms with Crippen LogP contribution in [0.4, 0.5) is 0 Å². The Kier molecular flexibility index (Phi) is 3.78. The van der Waals surface area contributed by atoms with Gasteiger partial charge in [-0.2, -0.15) is 5.26 Å². The van der Waals surface area contributed by atoms with Crippen LogP contribution in [0.25, 0.3) is 0 Å². The van der Waals surface area contributed by atoms with Crippen LogP contribution in [0.1, 0.15) is 5.56 Å². The SMILES string of the molecule is CN(C#N)CCc1ccccc1Br. The molecule has 2 nitrogen and oxygen atoms in total. The summed E-state index contributed by atoms with van der Waals surface area (Å²) in [4.78, 5) is 1.62. The summed E-state index contributed by atoms with van der Waals surface area (Å²) in [7, 11) is 1.79. The van der Waals surface area contributed by atoms with Gasteiger partial charge < -0.3 is 4.90 Å². The molecule has 0 aromatic heterocycles. The number of halogens is 1. The lowest BCUT2D eigenvalue weighted by Crippen LogP contribution is -2.14. The Labute approximate surface area is 86.9 Å². The van der Waals surface area contributed by atoms with Crippen LogP contribution in [0.3, 0.4) is 0 Å². The lowest BCUT2D eigenvalue weighted by Gasteiger charge is -2.09. The molecule has 0 bridgehead atoms. The maximum absolute atomic E-state index is 8.55. The largest absolute Gasteiger partial charge is 0.313 e. The Hall–Kier alpha value is -1.01. The molecule has 0 saturated carbocycles. The summed E-state index contributed by atoms with van der Waals surface area (Å²) in [5.41, 5.74) is 1.24. The van der Waals surface area contributed by atoms with E-state index in [9.17, 15) is 0 Å². The summed E-state index contributed by atoms with van der Waals surface area (Å²) in [5, 5.41) is 8.55. The molecule has 0 saturated heterocycles. The topological polar surface area (TPSA) is 27.0 Å². The van der Waals surface area contributed by atoms with Gasteiger partial charge in [0.25, 0.3) is 0 Å². The minimum atomic E-state index is 0.763. The monoisotopic (exact) mass is 238 g/mol. The van der Waals surface area contributed by atoms with Crippen molar-refractivity contribution < 1.29 is 0 Å². The number of hydrogen-bond donors (Lipinski definition) is 0. The highest BCUT2D eigenvalue weighted by Crippen LogP contribution is 2.16. The van der Waals surface area contributed by atoms with Crippen molar-refractivity contribution in [3.05, 3.63) is 34.3 Å². The molecule has 0 spiro atoms. The first kappa shape index (κ1) is 10.1. The van der Waals surface area contributed by atoms with Crippen LogP contribution in [-0.4, -0.2) is 18.5 Å². The van der Waals surface area contributed by atoms with E-state index in [1.807, 2.05) is 18.2 Å². The van der Waals surface area contributed by atoms with Gasteiger partial charge in [-0.25, -0.2) is 0 Å². The molecule has 0 aliphatic heterocycles. The molecule has 0 atom stereocenters. The second-order valence-corrected chi connectivity index (χ2v) is 3.72. The predicted octanol–water partition coefficient (Wildman–Crippen LogP) is 2.40. The van der Waals surface area contributed by atoms with Gasteiger partial charge >= 0.3 is 0 Å². The first-order chi connectivity index (χ1) is 6.24. The third kappa shape index (κ3) is 3.08. The molecule has 0 aliphatic carbocycles. The molecular weight excluding hydrogens is 228 g/mol. The summed E-state index contributed by atoms with van der Waals surface area (Å²) in [6, 6.07) is 8.07. The highest BCUT2D eigenvalue weighted by atomic mass is 79.9. The Bertz CT molecular complexity index is 317. The van der Waals surface area contributed by atoms with Gasteiger partial charge in [0.05, 0.1) is 0 Å². The second-order valence-electron chi connectivity index (χ2n) is 2.86. The smallest absolute Gasteiger partial charge is 0.179 e. The molecule has 0 fully saturated rings. The van der Waals surface area contributed by atoms with Gasteiger partial charge in [-0.15, -0.1) is 0 Å². The minimum Gasteiger partial charge on any atom is -0.313 e. The number of rotatable bonds is 3. The van der Waals surface area contributed by atoms with Crippen LogP contribution in [0.2, 0.25) is 0 Å². The molecule has 68 valence electrons. The standard InChI is InChI=1S/C10H11BrN2/c1-13(8-12)7-6-9-4-2-3-5-10(9)11/h2-5H,6-7H2,1H3. The number of benzene rings is 1. The summed E-state index contributed by atoms with van der Waals surface area (Å²) in [5.74, 6) is 0. The fourth-order valence-electron chi connectivity index (χ4n) is 1.04. The molecule has 3 heteroatoms. The zero-order valence-corrected chi connectivity index (χ0v) is 9.08. The first-order valence-corrected chi connectivity index (χ1v) is 4.87. The molecule has 0 aliphatic rings. The lowest BCUT2D eigenvalue weighted by atomic mass is 10.1. The van der Waals surface area contributed by atoms with Crippen molar-refractivity contribution in [2.45, 2.75) is 6.42 Å². The van der Waals surface area contributed by atoms with E-state index in [-0.39, 0.29) is 0 Å². The van der Waals surface area contributed by atoms with Gasteiger partial charge in [-0.1, -0.05) is 34.1 Å². The summed E-state index contributed by atoms with van der Waals surface area (Å²) in [6.45, 7) is 0.763. The van der Waals surface area contributed by atoms with Gasteiger partial charge in [0.15, 0.2) is 6.19 Å². The lowest BCUT2D eigenvalue weighted by molar-refractivity contribution is 0.478. The van der Waals surface area contributed by atoms with Crippen LogP contribution in [0, 0.1) is 11.5 Å². The Morgan fingerprint density at radius 2 is 2.15 bits per heavy atom. The molecule has 13 heavy (non-hydrogen) atoms. The third-order valence-corrected chi connectivity index (χ3v) is 2.62. The molecule has 0 radical (unpaired) electrons. The molecule has 0 N–H and O–H groups in total. The summed E-state index contributed by atoms with van der Waals surface area (Å²) >= 11 is 3.47. The zero-order valence-electron chi connectivity index (χ0n) is 7.50. The Morgan fingerprint density at radius 3 is 2.77 bits per heavy atom. The van der Waals surface area contributed by atoms with Crippen LogP contribution in [0.15, 0.2) is 28.7 Å². The normalized spacial score (nSPS) is 9.31. The first-order valence-electron chi connectivity index (χ1n) is 4.08. The molecule has 0 heterocycles. The average Bonchev–Trinajstić information content (AvgIpc) is 2.16. The van der Waals surface area contributed by atoms with E-state index in [1.54, 1.807) is 11.9 Å². The van der Waals surface area contributed by atoms with E-state index in [4.69, 9.17) is 5.26 Å². The van der Waals surface area contributed by atoms with E-state index in [2.05, 4.69) is 28.2 Å². The van der Waals surface area contributed by atoms with Crippen LogP contribution < -0.4 is 0 Å². The van der Waals surface area contributed by atoms with Crippen molar-refractivity contribution in [2.24, 2.45) is 0 Å². The number of nitrogens with zero attached hydrogens (tertiary/aromatic N) is 2. The van der Waals surface area contributed by atoms with Crippen LogP contribution in [-0.2, 0) is 6.42 Å². The van der Waals surface area contributed by atoms with Crippen molar-refractivity contribution >= 4 is 15.9 Å². The predicted molar refractivity (Wildman–Crippen MR) is 56.1 cm³/mol. The van der Waals surface area contributed by atoms with Crippen molar-refractivity contribution in [3.63, 3.8) is 0 Å². The highest BCUT2D eigenvalue weighted by molar-refractivity contribution is 9.10. The zero-order chi connectivity index (χ0) is 9.68. The van der Waals surface area contributed by atoms with Gasteiger partial charge in [-0.05, 0) is 18.1 Å². The summed E-state index contributed by atoms with van der Waals surface area (Å²) in [6.07, 6.45) is 2.97. The van der Waals surface area contributed by atoms with Crippen LogP contribution in [0.5, 0.6) is 0 Å². The maximum Gasteiger partial charge on any atom is 0.179 e. The Balaban J connectivity index is 2.56. The van der Waals surface area contributed by atoms with Crippen molar-refractivity contribution in [1.82, 2.24) is 4.90 Å². The minimum absolute atomic E-state index is 0.763. The number of hydrogen-bond acceptors (Lipinski definition) is 2. The van der Waals surface area contributed by atoms with E-state index in [0.29, 0.717) is 0 Å². The van der Waals surface area contributed by atoms with Gasteiger partial charge in [0.2, 0.25) is 0 Å². The molecule has 1 aromatic carbocycles. The highest BCUT2D eigenvalue weighted by Gasteiger charge is 1.99. The van der Waals surface area contributed by atoms with E-state index in [1.165, 1.54) is 5.56 Å². The molecule has 0 unspecified atom stereocenters. The second kappa shape index (κ2) is 4.88. The Morgan fingerprint density at radius 1 is 1.46 bits per heavy atom. The fraction of sp³-hybridized carbons (Fsp3) is 0.300. The van der Waals surface area contributed by atoms with Crippen molar-refractivity contribution in [2.75, 3.05) is 13.6 Å². The van der Waals surface area contributed by atoms with Crippen molar-refractivity contribution in [1.29, 1.82) is 5.26 Å². The number of likely N-dealkylation sites (N-methyl/N-ethyl adjacent to an activating group) is 1. The molecule has 1 rings (SSSR count). The maximum atomic E-state index is 8.55. The van der Waals surface area contributed by atoms with E-state index < -0.39 is 0 Å².